The third-order valence-corrected chi connectivity index (χ3v) is 4.31. The van der Waals surface area contributed by atoms with E-state index in [-0.39, 0.29) is 41.1 Å². The molecule has 2 aromatic carbocycles. The maximum absolute atomic E-state index is 12.9. The van der Waals surface area contributed by atoms with Gasteiger partial charge in [0, 0.05) is 6.07 Å². The summed E-state index contributed by atoms with van der Waals surface area (Å²) in [5.41, 5.74) is 1.26. The van der Waals surface area contributed by atoms with Crippen LogP contribution in [0.2, 0.25) is 0 Å². The lowest BCUT2D eigenvalue weighted by molar-refractivity contribution is 0.0820. The van der Waals surface area contributed by atoms with Gasteiger partial charge in [-0.15, -0.1) is 0 Å². The Morgan fingerprint density at radius 1 is 1.08 bits per heavy atom. The molecule has 0 spiro atoms. The summed E-state index contributed by atoms with van der Waals surface area (Å²) >= 11 is 0. The fourth-order valence-electron chi connectivity index (χ4n) is 2.95. The van der Waals surface area contributed by atoms with Gasteiger partial charge in [0.1, 0.15) is 17.1 Å². The number of hydrogen-bond acceptors (Lipinski definition) is 6. The number of phenolic OH excluding ortho intramolecular Hbond substituents is 1. The molecule has 0 saturated carbocycles. The zero-order valence-electron chi connectivity index (χ0n) is 14.4. The predicted octanol–water partition coefficient (Wildman–Crippen LogP) is 2.85. The highest BCUT2D eigenvalue weighted by molar-refractivity contribution is 6.05. The number of fused-ring (bicyclic) bond motifs is 1. The van der Waals surface area contributed by atoms with Crippen LogP contribution in [0.3, 0.4) is 0 Å². The number of methoxy groups -OCH3 is 3. The largest absolute Gasteiger partial charge is 0.502 e. The first-order valence-corrected chi connectivity index (χ1v) is 7.87. The van der Waals surface area contributed by atoms with Crippen molar-refractivity contribution in [3.63, 3.8) is 0 Å². The molecule has 0 radical (unpaired) electrons. The van der Waals surface area contributed by atoms with Gasteiger partial charge in [0.15, 0.2) is 17.3 Å². The number of Topliss-reactive ketones (excluding diaryl/α,β-unsaturated/α-hetero) is 1. The lowest BCUT2D eigenvalue weighted by atomic mass is 9.89. The van der Waals surface area contributed by atoms with Crippen LogP contribution in [0.4, 0.5) is 0 Å². The van der Waals surface area contributed by atoms with Gasteiger partial charge >= 0.3 is 0 Å². The predicted molar refractivity (Wildman–Crippen MR) is 91.2 cm³/mol. The van der Waals surface area contributed by atoms with Crippen molar-refractivity contribution < 1.29 is 28.8 Å². The Hall–Kier alpha value is -2.89. The Bertz CT molecular complexity index is 781. The molecular weight excluding hydrogens is 324 g/mol. The summed E-state index contributed by atoms with van der Waals surface area (Å²) in [6.07, 6.45) is 0.526. The molecule has 1 atom stereocenters. The van der Waals surface area contributed by atoms with Crippen molar-refractivity contribution in [3.8, 4) is 28.7 Å². The molecule has 2 aromatic rings. The molecule has 132 valence electrons. The van der Waals surface area contributed by atoms with E-state index in [1.165, 1.54) is 20.3 Å². The fourth-order valence-corrected chi connectivity index (χ4v) is 2.95. The van der Waals surface area contributed by atoms with Crippen LogP contribution >= 0.6 is 0 Å². The first-order valence-electron chi connectivity index (χ1n) is 7.87. The third-order valence-electron chi connectivity index (χ3n) is 4.31. The van der Waals surface area contributed by atoms with E-state index in [4.69, 9.17) is 18.9 Å². The van der Waals surface area contributed by atoms with E-state index in [1.54, 1.807) is 7.11 Å². The van der Waals surface area contributed by atoms with Crippen LogP contribution in [0, 0.1) is 5.92 Å². The Balaban J connectivity index is 1.91. The molecule has 25 heavy (non-hydrogen) atoms. The Morgan fingerprint density at radius 3 is 2.36 bits per heavy atom. The van der Waals surface area contributed by atoms with Crippen LogP contribution in [0.5, 0.6) is 28.7 Å². The van der Waals surface area contributed by atoms with E-state index in [9.17, 15) is 9.90 Å². The molecule has 0 saturated heterocycles. The summed E-state index contributed by atoms with van der Waals surface area (Å²) in [4.78, 5) is 12.9. The number of aromatic hydroxyl groups is 1. The van der Waals surface area contributed by atoms with Crippen molar-refractivity contribution in [2.24, 2.45) is 5.92 Å². The number of ketones is 1. The quantitative estimate of drug-likeness (QED) is 0.899. The van der Waals surface area contributed by atoms with Crippen molar-refractivity contribution >= 4 is 5.78 Å². The third kappa shape index (κ3) is 3.07. The summed E-state index contributed by atoms with van der Waals surface area (Å²) in [7, 11) is 4.50. The smallest absolute Gasteiger partial charge is 0.201 e. The Kier molecular flexibility index (Phi) is 4.70. The number of hydrogen-bond donors (Lipinski definition) is 1. The minimum atomic E-state index is -0.359. The van der Waals surface area contributed by atoms with E-state index in [2.05, 4.69) is 0 Å². The van der Waals surface area contributed by atoms with E-state index in [0.717, 1.165) is 11.3 Å². The minimum Gasteiger partial charge on any atom is -0.502 e. The number of carbonyl (C=O) groups is 1. The van der Waals surface area contributed by atoms with Gasteiger partial charge in [0.2, 0.25) is 5.75 Å². The summed E-state index contributed by atoms with van der Waals surface area (Å²) < 4.78 is 21.2. The van der Waals surface area contributed by atoms with Gasteiger partial charge in [-0.1, -0.05) is 12.1 Å². The number of rotatable bonds is 5. The molecule has 1 aliphatic heterocycles. The second-order valence-corrected chi connectivity index (χ2v) is 5.76. The van der Waals surface area contributed by atoms with E-state index in [0.29, 0.717) is 12.2 Å². The lowest BCUT2D eigenvalue weighted by Gasteiger charge is -2.26. The molecule has 6 nitrogen and oxygen atoms in total. The van der Waals surface area contributed by atoms with Crippen molar-refractivity contribution in [1.82, 2.24) is 0 Å². The number of phenols is 1. The number of benzene rings is 2. The van der Waals surface area contributed by atoms with E-state index in [1.807, 2.05) is 24.3 Å². The monoisotopic (exact) mass is 344 g/mol. The molecule has 6 heteroatoms. The lowest BCUT2D eigenvalue weighted by Crippen LogP contribution is -2.30. The molecule has 0 amide bonds. The molecule has 1 aliphatic rings. The molecule has 0 unspecified atom stereocenters. The van der Waals surface area contributed by atoms with E-state index >= 15 is 0 Å². The van der Waals surface area contributed by atoms with Gasteiger partial charge in [-0.25, -0.2) is 0 Å². The van der Waals surface area contributed by atoms with Crippen molar-refractivity contribution in [2.75, 3.05) is 27.9 Å². The molecule has 0 fully saturated rings. The van der Waals surface area contributed by atoms with Crippen LogP contribution in [0.1, 0.15) is 15.9 Å². The standard InChI is InChI=1S/C19H20O6/c1-22-13-6-4-11(5-7-13)8-12-10-25-19-16(17(12)20)14(23-2)9-15(24-3)18(19)21/h4-7,9,12,21H,8,10H2,1-3H3/t12-/m0/s1. The molecule has 0 aliphatic carbocycles. The Labute approximate surface area is 145 Å². The van der Waals surface area contributed by atoms with Crippen LogP contribution in [0.25, 0.3) is 0 Å². The van der Waals surface area contributed by atoms with Crippen molar-refractivity contribution in [2.45, 2.75) is 6.42 Å². The van der Waals surface area contributed by atoms with Gasteiger partial charge in [0.05, 0.1) is 33.9 Å². The molecule has 3 rings (SSSR count). The summed E-state index contributed by atoms with van der Waals surface area (Å²) in [6.45, 7) is 0.182. The minimum absolute atomic E-state index is 0.118. The first kappa shape index (κ1) is 17.0. The Morgan fingerprint density at radius 2 is 1.76 bits per heavy atom. The van der Waals surface area contributed by atoms with Crippen LogP contribution < -0.4 is 18.9 Å². The normalized spacial score (nSPS) is 16.0. The summed E-state index contributed by atoms with van der Waals surface area (Å²) in [6, 6.07) is 9.04. The topological polar surface area (TPSA) is 74.2 Å². The number of ether oxygens (including phenoxy) is 4. The highest BCUT2D eigenvalue weighted by atomic mass is 16.5. The SMILES string of the molecule is COc1ccc(C[C@H]2COc3c(O)c(OC)cc(OC)c3C2=O)cc1. The molecule has 1 heterocycles. The molecular formula is C19H20O6. The van der Waals surface area contributed by atoms with Crippen molar-refractivity contribution in [3.05, 3.63) is 41.5 Å². The average molecular weight is 344 g/mol. The first-order chi connectivity index (χ1) is 12.1. The highest BCUT2D eigenvalue weighted by Gasteiger charge is 2.35. The molecule has 1 N–H and O–H groups in total. The summed E-state index contributed by atoms with van der Waals surface area (Å²) in [5, 5.41) is 10.2. The zero-order chi connectivity index (χ0) is 18.0. The van der Waals surface area contributed by atoms with Gasteiger partial charge in [0.25, 0.3) is 0 Å². The maximum Gasteiger partial charge on any atom is 0.201 e. The zero-order valence-corrected chi connectivity index (χ0v) is 14.4. The highest BCUT2D eigenvalue weighted by Crippen LogP contribution is 2.47. The van der Waals surface area contributed by atoms with Crippen molar-refractivity contribution in [1.29, 1.82) is 0 Å². The second kappa shape index (κ2) is 6.93. The van der Waals surface area contributed by atoms with Gasteiger partial charge < -0.3 is 24.1 Å². The second-order valence-electron chi connectivity index (χ2n) is 5.76. The van der Waals surface area contributed by atoms with Crippen LogP contribution in [0.15, 0.2) is 30.3 Å². The van der Waals surface area contributed by atoms with E-state index < -0.39 is 0 Å². The van der Waals surface area contributed by atoms with Crippen LogP contribution in [-0.4, -0.2) is 38.8 Å². The van der Waals surface area contributed by atoms with Crippen LogP contribution in [-0.2, 0) is 6.42 Å². The molecule has 0 bridgehead atoms. The summed E-state index contributed by atoms with van der Waals surface area (Å²) in [5.74, 6) is 0.751. The van der Waals surface area contributed by atoms with Gasteiger partial charge in [-0.2, -0.15) is 0 Å². The fraction of sp³-hybridized carbons (Fsp3) is 0.316. The molecule has 0 aromatic heterocycles. The van der Waals surface area contributed by atoms with Gasteiger partial charge in [-0.3, -0.25) is 4.79 Å². The maximum atomic E-state index is 12.9. The number of carbonyl (C=O) groups excluding carboxylic acids is 1. The van der Waals surface area contributed by atoms with Gasteiger partial charge in [-0.05, 0) is 24.1 Å². The average Bonchev–Trinajstić information content (AvgIpc) is 2.65.